The lowest BCUT2D eigenvalue weighted by Gasteiger charge is -2.44. The molecule has 4 heterocycles. The van der Waals surface area contributed by atoms with E-state index in [4.69, 9.17) is 4.74 Å². The molecular formula is C29H42F2N6O3. The quantitative estimate of drug-likeness (QED) is 0.504. The summed E-state index contributed by atoms with van der Waals surface area (Å²) in [5.74, 6) is -3.20. The lowest BCUT2D eigenvalue weighted by Crippen LogP contribution is -2.53. The minimum Gasteiger partial charge on any atom is -0.462 e. The normalized spacial score (nSPS) is 26.8. The number of rotatable bonds is 7. The number of ether oxygens (including phenoxy) is 1. The number of halogens is 2. The van der Waals surface area contributed by atoms with Crippen molar-refractivity contribution < 1.29 is 23.1 Å². The van der Waals surface area contributed by atoms with Gasteiger partial charge in [0, 0.05) is 49.0 Å². The van der Waals surface area contributed by atoms with Gasteiger partial charge in [-0.15, -0.1) is 0 Å². The van der Waals surface area contributed by atoms with E-state index in [1.165, 1.54) is 6.33 Å². The van der Waals surface area contributed by atoms with Gasteiger partial charge in [-0.3, -0.25) is 14.5 Å². The maximum Gasteiger partial charge on any atom is 0.308 e. The zero-order chi connectivity index (χ0) is 28.8. The standard InChI is InChI=1S/C29H42F2N6O3/c1-18(2)26(38)34-24-22-6-9-37(25(22)33-17-32-24)21-12-20(23(13-21)40-27(39)19(3)4)14-36-16-29(30,31)15-28(36)7-10-35(5)11-8-28/h6,9,17-21,23H,7-8,10-16H2,1-5H3,(H,32,33,34,38)/t20-,21-,23+/m1/s1. The van der Waals surface area contributed by atoms with Crippen LogP contribution in [0.1, 0.15) is 65.8 Å². The second-order valence-electron chi connectivity index (χ2n) is 12.8. The molecule has 220 valence electrons. The van der Waals surface area contributed by atoms with Crippen molar-refractivity contribution in [1.82, 2.24) is 24.3 Å². The molecule has 3 atom stereocenters. The smallest absolute Gasteiger partial charge is 0.308 e. The van der Waals surface area contributed by atoms with Gasteiger partial charge in [-0.05, 0) is 45.5 Å². The van der Waals surface area contributed by atoms with E-state index in [1.54, 1.807) is 0 Å². The number of aromatic nitrogens is 3. The van der Waals surface area contributed by atoms with Crippen molar-refractivity contribution in [1.29, 1.82) is 0 Å². The van der Waals surface area contributed by atoms with E-state index in [2.05, 4.69) is 24.8 Å². The zero-order valence-corrected chi connectivity index (χ0v) is 24.2. The Bertz CT molecular complexity index is 1240. The van der Waals surface area contributed by atoms with Crippen LogP contribution in [-0.2, 0) is 14.3 Å². The minimum atomic E-state index is -2.72. The average molecular weight is 561 g/mol. The Morgan fingerprint density at radius 2 is 1.85 bits per heavy atom. The van der Waals surface area contributed by atoms with E-state index in [0.717, 1.165) is 31.3 Å². The summed E-state index contributed by atoms with van der Waals surface area (Å²) in [6, 6.07) is 1.86. The summed E-state index contributed by atoms with van der Waals surface area (Å²) in [6.07, 6.45) is 5.57. The van der Waals surface area contributed by atoms with Crippen LogP contribution in [0, 0.1) is 17.8 Å². The molecule has 40 heavy (non-hydrogen) atoms. The molecule has 0 radical (unpaired) electrons. The van der Waals surface area contributed by atoms with Crippen LogP contribution in [0.15, 0.2) is 18.6 Å². The first-order valence-electron chi connectivity index (χ1n) is 14.5. The molecular weight excluding hydrogens is 518 g/mol. The Morgan fingerprint density at radius 1 is 1.12 bits per heavy atom. The van der Waals surface area contributed by atoms with Crippen LogP contribution in [0.3, 0.4) is 0 Å². The van der Waals surface area contributed by atoms with Crippen molar-refractivity contribution in [2.45, 2.75) is 83.4 Å². The number of hydrogen-bond donors (Lipinski definition) is 1. The molecule has 2 aromatic heterocycles. The number of carbonyl (C=O) groups is 2. The summed E-state index contributed by atoms with van der Waals surface area (Å²) in [5, 5.41) is 3.62. The van der Waals surface area contributed by atoms with Crippen LogP contribution in [-0.4, -0.2) is 87.0 Å². The lowest BCUT2D eigenvalue weighted by atomic mass is 9.84. The summed E-state index contributed by atoms with van der Waals surface area (Å²) >= 11 is 0. The molecule has 2 aliphatic heterocycles. The second kappa shape index (κ2) is 11.0. The first-order valence-corrected chi connectivity index (χ1v) is 14.5. The number of piperidine rings is 1. The molecule has 1 amide bonds. The Morgan fingerprint density at radius 3 is 2.52 bits per heavy atom. The van der Waals surface area contributed by atoms with Crippen molar-refractivity contribution in [2.75, 3.05) is 38.5 Å². The van der Waals surface area contributed by atoms with E-state index in [9.17, 15) is 18.4 Å². The fourth-order valence-corrected chi connectivity index (χ4v) is 6.70. The van der Waals surface area contributed by atoms with Gasteiger partial charge in [0.05, 0.1) is 17.8 Å². The zero-order valence-electron chi connectivity index (χ0n) is 24.2. The topological polar surface area (TPSA) is 92.6 Å². The number of amides is 1. The molecule has 1 spiro atoms. The number of nitrogens with one attached hydrogen (secondary N) is 1. The third-order valence-corrected chi connectivity index (χ3v) is 9.07. The predicted octanol–water partition coefficient (Wildman–Crippen LogP) is 4.35. The highest BCUT2D eigenvalue weighted by atomic mass is 19.3. The molecule has 0 unspecified atom stereocenters. The number of likely N-dealkylation sites (tertiary alicyclic amines) is 2. The van der Waals surface area contributed by atoms with Crippen LogP contribution in [0.5, 0.6) is 0 Å². The summed E-state index contributed by atoms with van der Waals surface area (Å²) in [7, 11) is 2.04. The molecule has 0 aromatic carbocycles. The fraction of sp³-hybridized carbons (Fsp3) is 0.724. The van der Waals surface area contributed by atoms with E-state index < -0.39 is 11.5 Å². The minimum absolute atomic E-state index is 0.0347. The number of hydrogen-bond acceptors (Lipinski definition) is 7. The summed E-state index contributed by atoms with van der Waals surface area (Å²) in [5.41, 5.74) is 0.172. The Kier molecular flexibility index (Phi) is 7.91. The van der Waals surface area contributed by atoms with Crippen molar-refractivity contribution in [3.8, 4) is 0 Å². The largest absolute Gasteiger partial charge is 0.462 e. The van der Waals surface area contributed by atoms with E-state index >= 15 is 0 Å². The van der Waals surface area contributed by atoms with Crippen LogP contribution < -0.4 is 5.32 Å². The van der Waals surface area contributed by atoms with Crippen LogP contribution in [0.4, 0.5) is 14.6 Å². The molecule has 0 bridgehead atoms. The number of alkyl halides is 2. The third kappa shape index (κ3) is 5.72. The van der Waals surface area contributed by atoms with Gasteiger partial charge in [-0.25, -0.2) is 18.7 Å². The molecule has 3 fully saturated rings. The highest BCUT2D eigenvalue weighted by Crippen LogP contribution is 2.48. The van der Waals surface area contributed by atoms with Gasteiger partial charge in [0.25, 0.3) is 5.92 Å². The highest BCUT2D eigenvalue weighted by Gasteiger charge is 2.56. The molecule has 5 rings (SSSR count). The molecule has 2 aromatic rings. The molecule has 2 saturated heterocycles. The van der Waals surface area contributed by atoms with Crippen molar-refractivity contribution in [3.05, 3.63) is 18.6 Å². The molecule has 1 N–H and O–H groups in total. The van der Waals surface area contributed by atoms with E-state index in [1.807, 2.05) is 51.9 Å². The first-order chi connectivity index (χ1) is 18.9. The molecule has 11 heteroatoms. The van der Waals surface area contributed by atoms with Gasteiger partial charge < -0.3 is 19.5 Å². The van der Waals surface area contributed by atoms with Gasteiger partial charge in [0.1, 0.15) is 23.9 Å². The maximum atomic E-state index is 14.9. The van der Waals surface area contributed by atoms with E-state index in [-0.39, 0.29) is 54.7 Å². The highest BCUT2D eigenvalue weighted by molar-refractivity contribution is 5.99. The lowest BCUT2D eigenvalue weighted by molar-refractivity contribution is -0.155. The molecule has 1 saturated carbocycles. The molecule has 9 nitrogen and oxygen atoms in total. The van der Waals surface area contributed by atoms with Crippen LogP contribution in [0.25, 0.3) is 11.0 Å². The van der Waals surface area contributed by atoms with Crippen molar-refractivity contribution in [3.63, 3.8) is 0 Å². The van der Waals surface area contributed by atoms with Crippen LogP contribution in [0.2, 0.25) is 0 Å². The monoisotopic (exact) mass is 560 g/mol. The Balaban J connectivity index is 1.41. The van der Waals surface area contributed by atoms with Crippen LogP contribution >= 0.6 is 0 Å². The van der Waals surface area contributed by atoms with Gasteiger partial charge in [-0.1, -0.05) is 27.7 Å². The molecule has 1 aliphatic carbocycles. The van der Waals surface area contributed by atoms with Gasteiger partial charge in [0.2, 0.25) is 5.91 Å². The summed E-state index contributed by atoms with van der Waals surface area (Å²) < 4.78 is 37.8. The van der Waals surface area contributed by atoms with Gasteiger partial charge in [0.15, 0.2) is 0 Å². The van der Waals surface area contributed by atoms with Gasteiger partial charge in [-0.2, -0.15) is 0 Å². The summed E-state index contributed by atoms with van der Waals surface area (Å²) in [4.78, 5) is 38.0. The number of fused-ring (bicyclic) bond motifs is 1. The third-order valence-electron chi connectivity index (χ3n) is 9.07. The second-order valence-corrected chi connectivity index (χ2v) is 12.8. The number of nitrogens with zero attached hydrogens (tertiary/aromatic N) is 5. The maximum absolute atomic E-state index is 14.9. The van der Waals surface area contributed by atoms with Crippen molar-refractivity contribution >= 4 is 28.7 Å². The van der Waals surface area contributed by atoms with E-state index in [0.29, 0.717) is 30.9 Å². The Hall–Kier alpha value is -2.66. The summed E-state index contributed by atoms with van der Waals surface area (Å²) in [6.45, 7) is 9.08. The predicted molar refractivity (Wildman–Crippen MR) is 148 cm³/mol. The average Bonchev–Trinajstić information content (AvgIpc) is 3.55. The first kappa shape index (κ1) is 28.9. The van der Waals surface area contributed by atoms with Gasteiger partial charge >= 0.3 is 5.97 Å². The fourth-order valence-electron chi connectivity index (χ4n) is 6.70. The van der Waals surface area contributed by atoms with Crippen molar-refractivity contribution in [2.24, 2.45) is 17.8 Å². The number of anilines is 1. The number of carbonyl (C=O) groups excluding carboxylic acids is 2. The Labute approximate surface area is 234 Å². The number of esters is 1. The SMILES string of the molecule is CC(C)C(=O)Nc1ncnc2c1ccn2[C@@H]1C[C@H](CN2CC(F)(F)CC23CCN(C)CC3)[C@@H](OC(=O)C(C)C)C1. The molecule has 3 aliphatic rings.